The molecular weight excluding hydrogens is 268 g/mol. The fourth-order valence-corrected chi connectivity index (χ4v) is 3.02. The van der Waals surface area contributed by atoms with Crippen molar-refractivity contribution in [3.8, 4) is 5.88 Å². The summed E-state index contributed by atoms with van der Waals surface area (Å²) < 4.78 is 7.06. The van der Waals surface area contributed by atoms with Gasteiger partial charge in [-0.2, -0.15) is 4.98 Å². The normalized spacial score (nSPS) is 16.0. The molecule has 4 rings (SSSR count). The maximum Gasteiger partial charge on any atom is 0.229 e. The zero-order chi connectivity index (χ0) is 14.2. The quantitative estimate of drug-likeness (QED) is 0.800. The van der Waals surface area contributed by atoms with E-state index in [9.17, 15) is 5.11 Å². The van der Waals surface area contributed by atoms with Crippen LogP contribution in [-0.4, -0.2) is 24.8 Å². The first-order valence-corrected chi connectivity index (χ1v) is 7.26. The summed E-state index contributed by atoms with van der Waals surface area (Å²) in [5.41, 5.74) is 0.759. The molecule has 1 N–H and O–H groups in total. The molecule has 0 aliphatic heterocycles. The van der Waals surface area contributed by atoms with Crippen molar-refractivity contribution in [1.82, 2.24) is 19.7 Å². The molecule has 0 saturated heterocycles. The molecule has 3 aromatic rings. The highest BCUT2D eigenvalue weighted by molar-refractivity contribution is 5.84. The number of rotatable bonds is 3. The predicted octanol–water partition coefficient (Wildman–Crippen LogP) is 2.83. The highest BCUT2D eigenvalue weighted by atomic mass is 16.5. The number of pyridine rings is 1. The van der Waals surface area contributed by atoms with Crippen molar-refractivity contribution in [2.24, 2.45) is 0 Å². The molecule has 3 heterocycles. The van der Waals surface area contributed by atoms with Gasteiger partial charge in [0.25, 0.3) is 0 Å². The molecule has 1 fully saturated rings. The van der Waals surface area contributed by atoms with Crippen LogP contribution in [0.2, 0.25) is 0 Å². The zero-order valence-corrected chi connectivity index (χ0v) is 11.6. The first kappa shape index (κ1) is 12.4. The van der Waals surface area contributed by atoms with E-state index in [0.29, 0.717) is 18.3 Å². The van der Waals surface area contributed by atoms with Crippen LogP contribution in [0.15, 0.2) is 29.0 Å². The minimum absolute atomic E-state index is 0.185. The van der Waals surface area contributed by atoms with Crippen LogP contribution in [-0.2, 0) is 6.54 Å². The van der Waals surface area contributed by atoms with Gasteiger partial charge in [-0.25, -0.2) is 0 Å². The van der Waals surface area contributed by atoms with E-state index >= 15 is 0 Å². The molecule has 0 aromatic carbocycles. The Labute approximate surface area is 121 Å². The van der Waals surface area contributed by atoms with Gasteiger partial charge in [-0.1, -0.05) is 18.0 Å². The van der Waals surface area contributed by atoms with Gasteiger partial charge in [0.1, 0.15) is 0 Å². The van der Waals surface area contributed by atoms with Gasteiger partial charge in [0.05, 0.1) is 17.4 Å². The van der Waals surface area contributed by atoms with Crippen LogP contribution in [0.3, 0.4) is 0 Å². The zero-order valence-electron chi connectivity index (χ0n) is 11.6. The Morgan fingerprint density at radius 1 is 1.33 bits per heavy atom. The molecule has 3 aromatic heterocycles. The van der Waals surface area contributed by atoms with E-state index < -0.39 is 0 Å². The Kier molecular flexibility index (Phi) is 2.87. The average Bonchev–Trinajstić information content (AvgIpc) is 3.21. The number of aromatic nitrogens is 4. The number of hydrogen-bond donors (Lipinski definition) is 1. The van der Waals surface area contributed by atoms with Gasteiger partial charge in [-0.05, 0) is 25.0 Å². The highest BCUT2D eigenvalue weighted by Gasteiger charge is 2.23. The van der Waals surface area contributed by atoms with Gasteiger partial charge >= 0.3 is 0 Å². The fraction of sp³-hybridized carbons (Fsp3) is 0.400. The SMILES string of the molecule is Oc1c2cccnc2cn1Cc1noc(C2CCCC2)n1. The summed E-state index contributed by atoms with van der Waals surface area (Å²) >= 11 is 0. The second kappa shape index (κ2) is 4.87. The standard InChI is InChI=1S/C15H16N4O2/c20-15-11-6-3-7-16-12(11)8-19(15)9-13-17-14(21-18-13)10-4-1-2-5-10/h3,6-8,10,20H,1-2,4-5,9H2. The molecule has 108 valence electrons. The highest BCUT2D eigenvalue weighted by Crippen LogP contribution is 2.33. The molecule has 0 spiro atoms. The van der Waals surface area contributed by atoms with Crippen LogP contribution in [0.5, 0.6) is 5.88 Å². The molecular formula is C15H16N4O2. The summed E-state index contributed by atoms with van der Waals surface area (Å²) in [5, 5.41) is 15.0. The van der Waals surface area contributed by atoms with E-state index in [1.807, 2.05) is 6.07 Å². The van der Waals surface area contributed by atoms with E-state index in [2.05, 4.69) is 15.1 Å². The molecule has 6 heteroatoms. The number of hydrogen-bond acceptors (Lipinski definition) is 5. The first-order valence-electron chi connectivity index (χ1n) is 7.26. The van der Waals surface area contributed by atoms with Crippen LogP contribution in [0, 0.1) is 0 Å². The molecule has 0 unspecified atom stereocenters. The van der Waals surface area contributed by atoms with Crippen molar-refractivity contribution >= 4 is 10.9 Å². The fourth-order valence-electron chi connectivity index (χ4n) is 3.02. The molecule has 1 aliphatic carbocycles. The summed E-state index contributed by atoms with van der Waals surface area (Å²) in [7, 11) is 0. The van der Waals surface area contributed by atoms with Gasteiger partial charge in [-0.15, -0.1) is 0 Å². The van der Waals surface area contributed by atoms with Crippen LogP contribution in [0.4, 0.5) is 0 Å². The predicted molar refractivity (Wildman–Crippen MR) is 76.0 cm³/mol. The van der Waals surface area contributed by atoms with E-state index in [1.54, 1.807) is 23.0 Å². The van der Waals surface area contributed by atoms with Gasteiger partial charge in [-0.3, -0.25) is 4.98 Å². The summed E-state index contributed by atoms with van der Waals surface area (Å²) in [6, 6.07) is 3.65. The van der Waals surface area contributed by atoms with Crippen molar-refractivity contribution in [1.29, 1.82) is 0 Å². The smallest absolute Gasteiger partial charge is 0.229 e. The molecule has 0 bridgehead atoms. The average molecular weight is 284 g/mol. The van der Waals surface area contributed by atoms with Gasteiger partial charge in [0, 0.05) is 18.3 Å². The van der Waals surface area contributed by atoms with Crippen LogP contribution < -0.4 is 0 Å². The van der Waals surface area contributed by atoms with Crippen molar-refractivity contribution in [3.63, 3.8) is 0 Å². The second-order valence-electron chi connectivity index (χ2n) is 5.55. The summed E-state index contributed by atoms with van der Waals surface area (Å²) in [6.07, 6.45) is 8.24. The Bertz CT molecular complexity index is 771. The number of aromatic hydroxyl groups is 1. The molecule has 0 atom stereocenters. The number of fused-ring (bicyclic) bond motifs is 1. The van der Waals surface area contributed by atoms with Gasteiger partial charge in [0.2, 0.25) is 11.8 Å². The van der Waals surface area contributed by atoms with Crippen molar-refractivity contribution in [3.05, 3.63) is 36.2 Å². The Balaban J connectivity index is 1.61. The lowest BCUT2D eigenvalue weighted by Crippen LogP contribution is -2.00. The summed E-state index contributed by atoms with van der Waals surface area (Å²) in [4.78, 5) is 8.70. The topological polar surface area (TPSA) is 77.0 Å². The van der Waals surface area contributed by atoms with E-state index in [4.69, 9.17) is 4.52 Å². The Hall–Kier alpha value is -2.37. The Morgan fingerprint density at radius 2 is 2.19 bits per heavy atom. The van der Waals surface area contributed by atoms with Crippen LogP contribution in [0.1, 0.15) is 43.3 Å². The van der Waals surface area contributed by atoms with Crippen molar-refractivity contribution in [2.75, 3.05) is 0 Å². The van der Waals surface area contributed by atoms with Crippen LogP contribution >= 0.6 is 0 Å². The molecule has 6 nitrogen and oxygen atoms in total. The molecule has 0 radical (unpaired) electrons. The van der Waals surface area contributed by atoms with Gasteiger partial charge < -0.3 is 14.2 Å². The third-order valence-electron chi connectivity index (χ3n) is 4.13. The second-order valence-corrected chi connectivity index (χ2v) is 5.55. The van der Waals surface area contributed by atoms with Crippen LogP contribution in [0.25, 0.3) is 10.9 Å². The lowest BCUT2D eigenvalue weighted by atomic mass is 10.1. The number of nitrogens with zero attached hydrogens (tertiary/aromatic N) is 4. The van der Waals surface area contributed by atoms with Crippen molar-refractivity contribution in [2.45, 2.75) is 38.1 Å². The summed E-state index contributed by atoms with van der Waals surface area (Å²) in [6.45, 7) is 0.387. The lowest BCUT2D eigenvalue weighted by molar-refractivity contribution is 0.348. The molecule has 1 saturated carbocycles. The van der Waals surface area contributed by atoms with Gasteiger partial charge in [0.15, 0.2) is 5.82 Å². The van der Waals surface area contributed by atoms with E-state index in [1.165, 1.54) is 12.8 Å². The molecule has 1 aliphatic rings. The lowest BCUT2D eigenvalue weighted by Gasteiger charge is -2.01. The maximum atomic E-state index is 10.2. The van der Waals surface area contributed by atoms with Crippen molar-refractivity contribution < 1.29 is 9.63 Å². The molecule has 0 amide bonds. The third kappa shape index (κ3) is 2.16. The third-order valence-corrected chi connectivity index (χ3v) is 4.13. The largest absolute Gasteiger partial charge is 0.494 e. The minimum Gasteiger partial charge on any atom is -0.494 e. The Morgan fingerprint density at radius 3 is 3.00 bits per heavy atom. The van der Waals surface area contributed by atoms with E-state index in [0.717, 1.165) is 29.6 Å². The maximum absolute atomic E-state index is 10.2. The molecule has 21 heavy (non-hydrogen) atoms. The summed E-state index contributed by atoms with van der Waals surface area (Å²) in [5.74, 6) is 1.92. The monoisotopic (exact) mass is 284 g/mol. The minimum atomic E-state index is 0.185. The van der Waals surface area contributed by atoms with E-state index in [-0.39, 0.29) is 5.88 Å². The first-order chi connectivity index (χ1) is 10.3.